The van der Waals surface area contributed by atoms with Crippen molar-refractivity contribution in [2.24, 2.45) is 5.92 Å². The normalized spacial score (nSPS) is 17.4. The number of ether oxygens (including phenoxy) is 1. The van der Waals surface area contributed by atoms with Gasteiger partial charge in [0.1, 0.15) is 12.4 Å². The van der Waals surface area contributed by atoms with Gasteiger partial charge in [0.15, 0.2) is 0 Å². The Kier molecular flexibility index (Phi) is 5.10. The minimum absolute atomic E-state index is 0.00142. The van der Waals surface area contributed by atoms with Crippen molar-refractivity contribution >= 4 is 5.91 Å². The molecule has 0 aliphatic carbocycles. The van der Waals surface area contributed by atoms with Crippen molar-refractivity contribution in [2.45, 2.75) is 6.42 Å². The molecule has 1 unspecified atom stereocenters. The van der Waals surface area contributed by atoms with Crippen LogP contribution in [0.2, 0.25) is 0 Å². The Morgan fingerprint density at radius 2 is 2.40 bits per heavy atom. The summed E-state index contributed by atoms with van der Waals surface area (Å²) in [5.74, 6) is 4.27. The summed E-state index contributed by atoms with van der Waals surface area (Å²) >= 11 is 0. The molecular weight excluding hydrogens is 261 g/mol. The van der Waals surface area contributed by atoms with Gasteiger partial charge >= 0.3 is 0 Å². The lowest BCUT2D eigenvalue weighted by Gasteiger charge is -2.10. The van der Waals surface area contributed by atoms with Gasteiger partial charge in [-0.15, -0.1) is 0 Å². The number of hydrogen-bond donors (Lipinski definition) is 2. The first-order chi connectivity index (χ1) is 9.70. The van der Waals surface area contributed by atoms with E-state index in [-0.39, 0.29) is 12.2 Å². The Morgan fingerprint density at radius 1 is 1.55 bits per heavy atom. The molecule has 20 heavy (non-hydrogen) atoms. The van der Waals surface area contributed by atoms with E-state index < -0.39 is 11.7 Å². The second-order valence-electron chi connectivity index (χ2n) is 4.59. The van der Waals surface area contributed by atoms with Crippen LogP contribution in [0.3, 0.4) is 0 Å². The summed E-state index contributed by atoms with van der Waals surface area (Å²) in [5, 5.41) is 11.3. The monoisotopic (exact) mass is 277 g/mol. The van der Waals surface area contributed by atoms with Crippen molar-refractivity contribution in [3.63, 3.8) is 0 Å². The number of nitrogens with one attached hydrogen (secondary N) is 1. The van der Waals surface area contributed by atoms with Crippen LogP contribution in [0, 0.1) is 23.6 Å². The minimum Gasteiger partial charge on any atom is -0.384 e. The number of carbonyl (C=O) groups is 1. The van der Waals surface area contributed by atoms with Crippen molar-refractivity contribution in [3.8, 4) is 11.8 Å². The van der Waals surface area contributed by atoms with Gasteiger partial charge in [-0.25, -0.2) is 4.39 Å². The van der Waals surface area contributed by atoms with Gasteiger partial charge < -0.3 is 15.2 Å². The number of carbonyl (C=O) groups excluding carboxylic acids is 1. The van der Waals surface area contributed by atoms with Gasteiger partial charge in [0.05, 0.1) is 12.2 Å². The van der Waals surface area contributed by atoms with E-state index in [0.29, 0.717) is 31.2 Å². The fourth-order valence-electron chi connectivity index (χ4n) is 2.00. The second-order valence-corrected chi connectivity index (χ2v) is 4.59. The summed E-state index contributed by atoms with van der Waals surface area (Å²) in [6, 6.07) is 4.15. The Hall–Kier alpha value is -1.90. The molecule has 2 N–H and O–H groups in total. The molecule has 2 rings (SSSR count). The zero-order valence-electron chi connectivity index (χ0n) is 11.0. The Morgan fingerprint density at radius 3 is 3.05 bits per heavy atom. The van der Waals surface area contributed by atoms with Crippen LogP contribution in [0.25, 0.3) is 0 Å². The topological polar surface area (TPSA) is 58.6 Å². The Labute approximate surface area is 116 Å². The van der Waals surface area contributed by atoms with Crippen molar-refractivity contribution in [2.75, 3.05) is 26.4 Å². The highest BCUT2D eigenvalue weighted by Crippen LogP contribution is 2.13. The van der Waals surface area contributed by atoms with E-state index >= 15 is 0 Å². The zero-order chi connectivity index (χ0) is 14.4. The molecule has 0 aromatic heterocycles. The Balaban J connectivity index is 1.98. The molecule has 1 aromatic rings. The predicted molar refractivity (Wildman–Crippen MR) is 71.6 cm³/mol. The molecule has 1 fully saturated rings. The van der Waals surface area contributed by atoms with E-state index in [2.05, 4.69) is 17.2 Å². The third-order valence-electron chi connectivity index (χ3n) is 3.10. The van der Waals surface area contributed by atoms with Crippen LogP contribution in [-0.4, -0.2) is 37.4 Å². The van der Waals surface area contributed by atoms with Crippen molar-refractivity contribution < 1.29 is 19.0 Å². The van der Waals surface area contributed by atoms with E-state index in [4.69, 9.17) is 9.84 Å². The number of amides is 1. The summed E-state index contributed by atoms with van der Waals surface area (Å²) in [7, 11) is 0. The molecular formula is C15H16FNO3. The molecule has 0 saturated carbocycles. The molecule has 1 aliphatic rings. The van der Waals surface area contributed by atoms with Crippen molar-refractivity contribution in [1.29, 1.82) is 0 Å². The summed E-state index contributed by atoms with van der Waals surface area (Å²) < 4.78 is 19.0. The highest BCUT2D eigenvalue weighted by atomic mass is 19.1. The molecule has 1 amide bonds. The van der Waals surface area contributed by atoms with Crippen LogP contribution in [0.15, 0.2) is 18.2 Å². The third kappa shape index (κ3) is 3.80. The molecule has 1 aromatic carbocycles. The van der Waals surface area contributed by atoms with Crippen LogP contribution in [-0.2, 0) is 4.74 Å². The van der Waals surface area contributed by atoms with E-state index in [1.165, 1.54) is 12.1 Å². The van der Waals surface area contributed by atoms with Gasteiger partial charge in [0.2, 0.25) is 0 Å². The molecule has 1 aliphatic heterocycles. The first kappa shape index (κ1) is 14.5. The smallest absolute Gasteiger partial charge is 0.254 e. The zero-order valence-corrected chi connectivity index (χ0v) is 11.0. The SMILES string of the molecule is O=C(NCC1CCOC1)c1ccc(C#CCO)cc1F. The molecule has 5 heteroatoms. The summed E-state index contributed by atoms with van der Waals surface area (Å²) in [6.07, 6.45) is 0.915. The quantitative estimate of drug-likeness (QED) is 0.808. The molecule has 0 spiro atoms. The molecule has 4 nitrogen and oxygen atoms in total. The fraction of sp³-hybridized carbons (Fsp3) is 0.400. The van der Waals surface area contributed by atoms with Gasteiger partial charge in [-0.3, -0.25) is 4.79 Å². The van der Waals surface area contributed by atoms with Crippen LogP contribution >= 0.6 is 0 Å². The maximum atomic E-state index is 13.8. The molecule has 1 heterocycles. The minimum atomic E-state index is -0.616. The lowest BCUT2D eigenvalue weighted by Crippen LogP contribution is -2.30. The molecule has 106 valence electrons. The van der Waals surface area contributed by atoms with Gasteiger partial charge in [0, 0.05) is 24.6 Å². The predicted octanol–water partition coefficient (Wildman–Crippen LogP) is 0.936. The van der Waals surface area contributed by atoms with E-state index in [9.17, 15) is 9.18 Å². The van der Waals surface area contributed by atoms with Crippen LogP contribution in [0.4, 0.5) is 4.39 Å². The molecule has 0 bridgehead atoms. The largest absolute Gasteiger partial charge is 0.384 e. The summed E-state index contributed by atoms with van der Waals surface area (Å²) in [4.78, 5) is 11.9. The number of rotatable bonds is 3. The first-order valence-electron chi connectivity index (χ1n) is 6.46. The van der Waals surface area contributed by atoms with Gasteiger partial charge in [0.25, 0.3) is 5.91 Å². The highest BCUT2D eigenvalue weighted by Gasteiger charge is 2.18. The average molecular weight is 277 g/mol. The number of halogens is 1. The highest BCUT2D eigenvalue weighted by molar-refractivity contribution is 5.94. The number of aliphatic hydroxyl groups is 1. The van der Waals surface area contributed by atoms with Gasteiger partial charge in [-0.05, 0) is 24.6 Å². The van der Waals surface area contributed by atoms with Crippen LogP contribution < -0.4 is 5.32 Å². The van der Waals surface area contributed by atoms with Crippen molar-refractivity contribution in [3.05, 3.63) is 35.1 Å². The lowest BCUT2D eigenvalue weighted by molar-refractivity contribution is 0.0941. The van der Waals surface area contributed by atoms with Crippen LogP contribution in [0.5, 0.6) is 0 Å². The van der Waals surface area contributed by atoms with E-state index in [1.54, 1.807) is 6.07 Å². The van der Waals surface area contributed by atoms with Crippen LogP contribution in [0.1, 0.15) is 22.3 Å². The second kappa shape index (κ2) is 7.04. The average Bonchev–Trinajstić information content (AvgIpc) is 2.96. The van der Waals surface area contributed by atoms with E-state index in [0.717, 1.165) is 6.42 Å². The standard InChI is InChI=1S/C15H16FNO3/c16-14-8-11(2-1-6-18)3-4-13(14)15(19)17-9-12-5-7-20-10-12/h3-4,8,12,18H,5-7,9-10H2,(H,17,19). The summed E-state index contributed by atoms with van der Waals surface area (Å²) in [6.45, 7) is 1.56. The van der Waals surface area contributed by atoms with Gasteiger partial charge in [-0.1, -0.05) is 11.8 Å². The lowest BCUT2D eigenvalue weighted by atomic mass is 10.1. The fourth-order valence-corrected chi connectivity index (χ4v) is 2.00. The Bertz CT molecular complexity index is 542. The molecule has 0 radical (unpaired) electrons. The van der Waals surface area contributed by atoms with Gasteiger partial charge in [-0.2, -0.15) is 0 Å². The first-order valence-corrected chi connectivity index (χ1v) is 6.46. The number of benzene rings is 1. The maximum Gasteiger partial charge on any atom is 0.254 e. The number of aliphatic hydroxyl groups excluding tert-OH is 1. The molecule has 1 saturated heterocycles. The molecule has 1 atom stereocenters. The van der Waals surface area contributed by atoms with Crippen molar-refractivity contribution in [1.82, 2.24) is 5.32 Å². The third-order valence-corrected chi connectivity index (χ3v) is 3.10. The number of hydrogen-bond acceptors (Lipinski definition) is 3. The maximum absolute atomic E-state index is 13.8. The van der Waals surface area contributed by atoms with E-state index in [1.807, 2.05) is 0 Å². The summed E-state index contributed by atoms with van der Waals surface area (Å²) in [5.41, 5.74) is 0.427.